The summed E-state index contributed by atoms with van der Waals surface area (Å²) in [4.78, 5) is 25.4. The normalized spacial score (nSPS) is 20.6. The van der Waals surface area contributed by atoms with Crippen LogP contribution in [-0.4, -0.2) is 49.7 Å². The number of nitrogens with zero attached hydrogens (tertiary/aromatic N) is 1. The van der Waals surface area contributed by atoms with E-state index in [1.54, 1.807) is 36.2 Å². The lowest BCUT2D eigenvalue weighted by molar-refractivity contribution is -0.182. The first kappa shape index (κ1) is 16.1. The molecule has 1 saturated heterocycles. The lowest BCUT2D eigenvalue weighted by Crippen LogP contribution is -2.39. The van der Waals surface area contributed by atoms with Gasteiger partial charge in [-0.1, -0.05) is 18.2 Å². The molecule has 0 radical (unpaired) electrons. The van der Waals surface area contributed by atoms with Crippen molar-refractivity contribution in [1.29, 1.82) is 0 Å². The van der Waals surface area contributed by atoms with Gasteiger partial charge in [0.2, 0.25) is 0 Å². The molecule has 1 heterocycles. The summed E-state index contributed by atoms with van der Waals surface area (Å²) in [5, 5.41) is 0. The summed E-state index contributed by atoms with van der Waals surface area (Å²) in [7, 11) is 1.80. The molecule has 0 atom stereocenters. The number of amides is 1. The van der Waals surface area contributed by atoms with Crippen LogP contribution in [0.4, 0.5) is 0 Å². The van der Waals surface area contributed by atoms with E-state index in [1.165, 1.54) is 0 Å². The second-order valence-corrected chi connectivity index (χ2v) is 6.44. The van der Waals surface area contributed by atoms with Crippen LogP contribution >= 0.6 is 0 Å². The fourth-order valence-corrected chi connectivity index (χ4v) is 3.56. The topological polar surface area (TPSA) is 55.8 Å². The predicted octanol–water partition coefficient (Wildman–Crippen LogP) is 2.50. The van der Waals surface area contributed by atoms with Crippen LogP contribution in [0.15, 0.2) is 24.3 Å². The van der Waals surface area contributed by atoms with Crippen molar-refractivity contribution < 1.29 is 19.1 Å². The first-order valence-corrected chi connectivity index (χ1v) is 8.21. The van der Waals surface area contributed by atoms with Crippen LogP contribution in [-0.2, 0) is 9.47 Å². The van der Waals surface area contributed by atoms with E-state index in [1.807, 2.05) is 0 Å². The van der Waals surface area contributed by atoms with Gasteiger partial charge in [-0.05, 0) is 24.8 Å². The van der Waals surface area contributed by atoms with Crippen molar-refractivity contribution in [3.63, 3.8) is 0 Å². The van der Waals surface area contributed by atoms with Gasteiger partial charge >= 0.3 is 0 Å². The van der Waals surface area contributed by atoms with E-state index in [2.05, 4.69) is 0 Å². The van der Waals surface area contributed by atoms with Crippen molar-refractivity contribution in [2.45, 2.75) is 31.5 Å². The van der Waals surface area contributed by atoms with Crippen molar-refractivity contribution in [2.24, 2.45) is 5.92 Å². The van der Waals surface area contributed by atoms with Crippen LogP contribution in [0.2, 0.25) is 0 Å². The highest BCUT2D eigenvalue weighted by molar-refractivity contribution is 6.01. The minimum Gasteiger partial charge on any atom is -0.348 e. The molecule has 0 N–H and O–H groups in total. The minimum atomic E-state index is -0.358. The first-order chi connectivity index (χ1) is 11.1. The Morgan fingerprint density at radius 2 is 1.91 bits per heavy atom. The van der Waals surface area contributed by atoms with E-state index >= 15 is 0 Å². The molecule has 124 valence electrons. The summed E-state index contributed by atoms with van der Waals surface area (Å²) in [6.07, 6.45) is 4.51. The standard InChI is InChI=1S/C18H23NO4/c1-19(17(21)16-5-3-2-4-15(16)13-20)12-14-6-8-18(9-7-14)22-10-11-23-18/h2-5,13-14H,6-12H2,1H3. The molecule has 1 saturated carbocycles. The number of carbonyl (C=O) groups is 2. The Morgan fingerprint density at radius 1 is 1.26 bits per heavy atom. The van der Waals surface area contributed by atoms with Gasteiger partial charge in [-0.3, -0.25) is 9.59 Å². The second kappa shape index (κ2) is 6.81. The first-order valence-electron chi connectivity index (χ1n) is 8.21. The van der Waals surface area contributed by atoms with Crippen LogP contribution in [0.5, 0.6) is 0 Å². The molecule has 0 unspecified atom stereocenters. The monoisotopic (exact) mass is 317 g/mol. The largest absolute Gasteiger partial charge is 0.348 e. The van der Waals surface area contributed by atoms with E-state index in [-0.39, 0.29) is 11.7 Å². The Labute approximate surface area is 136 Å². The molecule has 2 fully saturated rings. The molecule has 1 spiro atoms. The van der Waals surface area contributed by atoms with Gasteiger partial charge in [0.15, 0.2) is 12.1 Å². The highest BCUT2D eigenvalue weighted by Gasteiger charge is 2.40. The van der Waals surface area contributed by atoms with E-state index < -0.39 is 0 Å². The van der Waals surface area contributed by atoms with Crippen molar-refractivity contribution in [3.05, 3.63) is 35.4 Å². The van der Waals surface area contributed by atoms with Crippen molar-refractivity contribution in [3.8, 4) is 0 Å². The summed E-state index contributed by atoms with van der Waals surface area (Å²) in [6, 6.07) is 6.93. The lowest BCUT2D eigenvalue weighted by Gasteiger charge is -2.36. The number of rotatable bonds is 4. The SMILES string of the molecule is CN(CC1CCC2(CC1)OCCO2)C(=O)c1ccccc1C=O. The maximum absolute atomic E-state index is 12.6. The van der Waals surface area contributed by atoms with Gasteiger partial charge in [-0.2, -0.15) is 0 Å². The summed E-state index contributed by atoms with van der Waals surface area (Å²) in [6.45, 7) is 2.07. The highest BCUT2D eigenvalue weighted by Crippen LogP contribution is 2.38. The molecule has 0 aromatic heterocycles. The minimum absolute atomic E-state index is 0.0960. The molecule has 1 aliphatic heterocycles. The van der Waals surface area contributed by atoms with Gasteiger partial charge in [0.25, 0.3) is 5.91 Å². The molecule has 23 heavy (non-hydrogen) atoms. The van der Waals surface area contributed by atoms with Gasteiger partial charge in [0.05, 0.1) is 18.8 Å². The zero-order valence-electron chi connectivity index (χ0n) is 13.5. The predicted molar refractivity (Wildman–Crippen MR) is 85.4 cm³/mol. The fraction of sp³-hybridized carbons (Fsp3) is 0.556. The van der Waals surface area contributed by atoms with Gasteiger partial charge in [-0.25, -0.2) is 0 Å². The summed E-state index contributed by atoms with van der Waals surface area (Å²) in [5.41, 5.74) is 0.916. The average Bonchev–Trinajstić information content (AvgIpc) is 3.04. The molecule has 1 aliphatic carbocycles. The Morgan fingerprint density at radius 3 is 2.57 bits per heavy atom. The van der Waals surface area contributed by atoms with Gasteiger partial charge in [0, 0.05) is 32.0 Å². The van der Waals surface area contributed by atoms with E-state index in [0.29, 0.717) is 36.8 Å². The third kappa shape index (κ3) is 3.46. The molecule has 1 aromatic rings. The molecule has 1 aromatic carbocycles. The molecular formula is C18H23NO4. The summed E-state index contributed by atoms with van der Waals surface area (Å²) >= 11 is 0. The van der Waals surface area contributed by atoms with Crippen molar-refractivity contribution >= 4 is 12.2 Å². The number of ether oxygens (including phenoxy) is 2. The maximum Gasteiger partial charge on any atom is 0.254 e. The number of benzene rings is 1. The van der Waals surface area contributed by atoms with Gasteiger partial charge in [-0.15, -0.1) is 0 Å². The van der Waals surface area contributed by atoms with Crippen LogP contribution in [0, 0.1) is 5.92 Å². The third-order valence-corrected chi connectivity index (χ3v) is 4.88. The quantitative estimate of drug-likeness (QED) is 0.801. The van der Waals surface area contributed by atoms with E-state index in [0.717, 1.165) is 32.0 Å². The molecule has 1 amide bonds. The van der Waals surface area contributed by atoms with Gasteiger partial charge < -0.3 is 14.4 Å². The fourth-order valence-electron chi connectivity index (χ4n) is 3.56. The van der Waals surface area contributed by atoms with Gasteiger partial charge in [0.1, 0.15) is 0 Å². The molecule has 5 heteroatoms. The van der Waals surface area contributed by atoms with Crippen molar-refractivity contribution in [2.75, 3.05) is 26.8 Å². The maximum atomic E-state index is 12.6. The van der Waals surface area contributed by atoms with Crippen LogP contribution in [0.1, 0.15) is 46.4 Å². The summed E-state index contributed by atoms with van der Waals surface area (Å²) < 4.78 is 11.5. The third-order valence-electron chi connectivity index (χ3n) is 4.88. The van der Waals surface area contributed by atoms with Crippen LogP contribution in [0.3, 0.4) is 0 Å². The van der Waals surface area contributed by atoms with E-state index in [4.69, 9.17) is 9.47 Å². The molecule has 5 nitrogen and oxygen atoms in total. The Balaban J connectivity index is 1.58. The summed E-state index contributed by atoms with van der Waals surface area (Å²) in [5.74, 6) is -0.00412. The molecule has 3 rings (SSSR count). The average molecular weight is 317 g/mol. The van der Waals surface area contributed by atoms with Crippen molar-refractivity contribution in [1.82, 2.24) is 4.90 Å². The second-order valence-electron chi connectivity index (χ2n) is 6.44. The Kier molecular flexibility index (Phi) is 4.78. The molecule has 0 bridgehead atoms. The number of carbonyl (C=O) groups excluding carboxylic acids is 2. The molecular weight excluding hydrogens is 294 g/mol. The number of hydrogen-bond donors (Lipinski definition) is 0. The zero-order chi connectivity index (χ0) is 16.3. The number of aldehydes is 1. The lowest BCUT2D eigenvalue weighted by atomic mass is 9.84. The Bertz CT molecular complexity index is 570. The van der Waals surface area contributed by atoms with Crippen LogP contribution < -0.4 is 0 Å². The highest BCUT2D eigenvalue weighted by atomic mass is 16.7. The van der Waals surface area contributed by atoms with E-state index in [9.17, 15) is 9.59 Å². The number of hydrogen-bond acceptors (Lipinski definition) is 4. The zero-order valence-corrected chi connectivity index (χ0v) is 13.5. The molecule has 2 aliphatic rings. The Hall–Kier alpha value is -1.72. The smallest absolute Gasteiger partial charge is 0.254 e. The van der Waals surface area contributed by atoms with Crippen LogP contribution in [0.25, 0.3) is 0 Å².